The maximum absolute atomic E-state index is 5.83. The van der Waals surface area contributed by atoms with Crippen LogP contribution in [0.4, 0.5) is 0 Å². The third-order valence-corrected chi connectivity index (χ3v) is 9.04. The molecule has 0 saturated heterocycles. The van der Waals surface area contributed by atoms with Crippen molar-refractivity contribution in [2.45, 2.75) is 164 Å². The van der Waals surface area contributed by atoms with Gasteiger partial charge in [-0.2, -0.15) is 0 Å². The first-order valence-corrected chi connectivity index (χ1v) is 17.7. The normalized spacial score (nSPS) is 15.8. The Kier molecular flexibility index (Phi) is 23.7. The molecule has 0 radical (unpaired) electrons. The smallest absolute Gasteiger partial charge is 0.0716 e. The van der Waals surface area contributed by atoms with Gasteiger partial charge in [0.15, 0.2) is 0 Å². The summed E-state index contributed by atoms with van der Waals surface area (Å²) >= 11 is 0. The largest absolute Gasteiger partial charge is 0.377 e. The molecule has 0 N–H and O–H groups in total. The lowest BCUT2D eigenvalue weighted by atomic mass is 9.90. The minimum absolute atomic E-state index is 0.652. The fourth-order valence-electron chi connectivity index (χ4n) is 6.00. The van der Waals surface area contributed by atoms with Crippen molar-refractivity contribution in [3.63, 3.8) is 0 Å². The molecular formula is C39H70O. The predicted molar refractivity (Wildman–Crippen MR) is 180 cm³/mol. The van der Waals surface area contributed by atoms with Crippen LogP contribution in [0.3, 0.4) is 0 Å². The topological polar surface area (TPSA) is 9.23 Å². The van der Waals surface area contributed by atoms with Crippen LogP contribution in [0.15, 0.2) is 42.5 Å². The highest BCUT2D eigenvalue weighted by molar-refractivity contribution is 5.13. The van der Waals surface area contributed by atoms with Gasteiger partial charge in [0.2, 0.25) is 0 Å². The molecule has 1 rings (SSSR count). The van der Waals surface area contributed by atoms with E-state index in [9.17, 15) is 0 Å². The Morgan fingerprint density at radius 3 is 1.68 bits per heavy atom. The number of rotatable bonds is 27. The van der Waals surface area contributed by atoms with Crippen molar-refractivity contribution in [2.24, 2.45) is 29.6 Å². The zero-order chi connectivity index (χ0) is 29.3. The molecule has 0 amide bonds. The Morgan fingerprint density at radius 2 is 1.10 bits per heavy atom. The van der Waals surface area contributed by atoms with Gasteiger partial charge in [-0.1, -0.05) is 180 Å². The standard InChI is InChI=1S/C39H70O/c1-7-8-9-10-12-20-34(2)21-15-22-35(3)23-16-24-36(4)25-17-26-37(5)27-18-28-38(6)29-19-32-40-33-39-30-13-11-14-31-39/h11,13-14,18,28,30-31,34-38H,7-10,12,15-17,19-27,29,32-33H2,1-6H3/b28-18+/t34-,35-,36-,37-,38-/m0/s1. The van der Waals surface area contributed by atoms with Crippen molar-refractivity contribution in [1.82, 2.24) is 0 Å². The number of hydrogen-bond acceptors (Lipinski definition) is 1. The first kappa shape index (κ1) is 36.9. The Morgan fingerprint density at radius 1 is 0.575 bits per heavy atom. The summed E-state index contributed by atoms with van der Waals surface area (Å²) in [5.74, 6) is 4.21. The second kappa shape index (κ2) is 25.6. The second-order valence-corrected chi connectivity index (χ2v) is 13.7. The van der Waals surface area contributed by atoms with Crippen LogP contribution in [0.1, 0.15) is 163 Å². The zero-order valence-electron chi connectivity index (χ0n) is 28.0. The van der Waals surface area contributed by atoms with Gasteiger partial charge in [-0.25, -0.2) is 0 Å². The van der Waals surface area contributed by atoms with E-state index in [4.69, 9.17) is 4.74 Å². The molecule has 1 aromatic carbocycles. The van der Waals surface area contributed by atoms with Gasteiger partial charge in [-0.3, -0.25) is 0 Å². The summed E-state index contributed by atoms with van der Waals surface area (Å²) < 4.78 is 5.83. The summed E-state index contributed by atoms with van der Waals surface area (Å²) in [6.07, 6.45) is 29.9. The average molecular weight is 555 g/mol. The molecule has 5 atom stereocenters. The van der Waals surface area contributed by atoms with Gasteiger partial charge in [0.1, 0.15) is 0 Å². The molecule has 0 aromatic heterocycles. The molecule has 0 bridgehead atoms. The number of unbranched alkanes of at least 4 members (excludes halogenated alkanes) is 4. The third-order valence-electron chi connectivity index (χ3n) is 9.04. The number of allylic oxidation sites excluding steroid dienone is 2. The van der Waals surface area contributed by atoms with E-state index in [1.165, 1.54) is 115 Å². The fraction of sp³-hybridized carbons (Fsp3) is 0.795. The van der Waals surface area contributed by atoms with Crippen molar-refractivity contribution in [3.8, 4) is 0 Å². The average Bonchev–Trinajstić information content (AvgIpc) is 2.93. The summed E-state index contributed by atoms with van der Waals surface area (Å²) in [6.45, 7) is 16.2. The van der Waals surface area contributed by atoms with Crippen molar-refractivity contribution in [3.05, 3.63) is 48.0 Å². The van der Waals surface area contributed by atoms with Crippen LogP contribution in [-0.4, -0.2) is 6.61 Å². The van der Waals surface area contributed by atoms with Crippen molar-refractivity contribution >= 4 is 0 Å². The lowest BCUT2D eigenvalue weighted by Crippen LogP contribution is -2.02. The summed E-state index contributed by atoms with van der Waals surface area (Å²) in [4.78, 5) is 0. The van der Waals surface area contributed by atoms with Gasteiger partial charge in [-0.05, 0) is 54.4 Å². The Labute approximate surface area is 252 Å². The Balaban J connectivity index is 1.96. The van der Waals surface area contributed by atoms with Crippen LogP contribution in [0.25, 0.3) is 0 Å². The molecular weight excluding hydrogens is 484 g/mol. The van der Waals surface area contributed by atoms with Gasteiger partial charge in [0.05, 0.1) is 6.61 Å². The van der Waals surface area contributed by atoms with E-state index < -0.39 is 0 Å². The fourth-order valence-corrected chi connectivity index (χ4v) is 6.00. The highest BCUT2D eigenvalue weighted by atomic mass is 16.5. The van der Waals surface area contributed by atoms with Gasteiger partial charge in [0, 0.05) is 6.61 Å². The molecule has 0 aliphatic heterocycles. The summed E-state index contributed by atoms with van der Waals surface area (Å²) in [6, 6.07) is 10.5. The molecule has 0 heterocycles. The number of hydrogen-bond donors (Lipinski definition) is 0. The highest BCUT2D eigenvalue weighted by Crippen LogP contribution is 2.24. The molecule has 0 fully saturated rings. The molecule has 0 aliphatic rings. The molecule has 0 unspecified atom stereocenters. The molecule has 1 nitrogen and oxygen atoms in total. The van der Waals surface area contributed by atoms with Crippen LogP contribution in [0, 0.1) is 29.6 Å². The van der Waals surface area contributed by atoms with Crippen molar-refractivity contribution in [1.29, 1.82) is 0 Å². The molecule has 1 heteroatoms. The molecule has 0 aliphatic carbocycles. The summed E-state index contributed by atoms with van der Waals surface area (Å²) in [7, 11) is 0. The maximum atomic E-state index is 5.83. The first-order valence-electron chi connectivity index (χ1n) is 17.7. The van der Waals surface area contributed by atoms with Gasteiger partial charge in [-0.15, -0.1) is 0 Å². The third kappa shape index (κ3) is 22.6. The van der Waals surface area contributed by atoms with Crippen LogP contribution >= 0.6 is 0 Å². The van der Waals surface area contributed by atoms with E-state index in [0.29, 0.717) is 5.92 Å². The van der Waals surface area contributed by atoms with E-state index in [-0.39, 0.29) is 0 Å². The van der Waals surface area contributed by atoms with E-state index in [2.05, 4.69) is 84.0 Å². The minimum Gasteiger partial charge on any atom is -0.377 e. The lowest BCUT2D eigenvalue weighted by molar-refractivity contribution is 0.115. The Bertz CT molecular complexity index is 679. The predicted octanol–water partition coefficient (Wildman–Crippen LogP) is 13.0. The van der Waals surface area contributed by atoms with Crippen LogP contribution in [0.5, 0.6) is 0 Å². The highest BCUT2D eigenvalue weighted by Gasteiger charge is 2.09. The van der Waals surface area contributed by atoms with E-state index in [0.717, 1.165) is 43.3 Å². The number of benzene rings is 1. The number of ether oxygens (including phenoxy) is 1. The lowest BCUT2D eigenvalue weighted by Gasteiger charge is -2.16. The van der Waals surface area contributed by atoms with Gasteiger partial charge in [0.25, 0.3) is 0 Å². The SMILES string of the molecule is CCCCCCC[C@H](C)CCC[C@H](C)CCC[C@H](C)CCC[C@H](C)C/C=C/[C@H](C)CCCOCc1ccccc1. The zero-order valence-corrected chi connectivity index (χ0v) is 28.0. The van der Waals surface area contributed by atoms with Crippen LogP contribution in [0.2, 0.25) is 0 Å². The molecule has 0 spiro atoms. The van der Waals surface area contributed by atoms with Gasteiger partial charge >= 0.3 is 0 Å². The maximum Gasteiger partial charge on any atom is 0.0716 e. The first-order chi connectivity index (χ1) is 19.4. The van der Waals surface area contributed by atoms with E-state index >= 15 is 0 Å². The minimum atomic E-state index is 0.652. The molecule has 40 heavy (non-hydrogen) atoms. The summed E-state index contributed by atoms with van der Waals surface area (Å²) in [5.41, 5.74) is 1.27. The van der Waals surface area contributed by atoms with Crippen molar-refractivity contribution in [2.75, 3.05) is 6.61 Å². The van der Waals surface area contributed by atoms with Crippen LogP contribution in [-0.2, 0) is 11.3 Å². The Hall–Kier alpha value is -1.08. The second-order valence-electron chi connectivity index (χ2n) is 13.7. The molecule has 232 valence electrons. The van der Waals surface area contributed by atoms with E-state index in [1.807, 2.05) is 0 Å². The van der Waals surface area contributed by atoms with Crippen LogP contribution < -0.4 is 0 Å². The van der Waals surface area contributed by atoms with Crippen molar-refractivity contribution < 1.29 is 4.74 Å². The summed E-state index contributed by atoms with van der Waals surface area (Å²) in [5, 5.41) is 0. The van der Waals surface area contributed by atoms with Gasteiger partial charge < -0.3 is 4.74 Å². The van der Waals surface area contributed by atoms with E-state index in [1.54, 1.807) is 0 Å². The molecule has 1 aromatic rings. The quantitative estimate of drug-likeness (QED) is 0.0776. The molecule has 0 saturated carbocycles. The monoisotopic (exact) mass is 555 g/mol.